The summed E-state index contributed by atoms with van der Waals surface area (Å²) in [6, 6.07) is 6.74. The molecule has 1 aromatic heterocycles. The molecule has 1 heterocycles. The Bertz CT molecular complexity index is 804. The monoisotopic (exact) mass is 422 g/mol. The molecule has 1 amide bonds. The summed E-state index contributed by atoms with van der Waals surface area (Å²) in [4.78, 5) is 24.7. The molecule has 1 atom stereocenters. The minimum atomic E-state index is -0.704. The van der Waals surface area contributed by atoms with Crippen molar-refractivity contribution in [1.82, 2.24) is 5.16 Å². The molecule has 158 valence electrons. The zero-order valence-electron chi connectivity index (χ0n) is 17.0. The fourth-order valence-corrected chi connectivity index (χ4v) is 2.92. The summed E-state index contributed by atoms with van der Waals surface area (Å²) in [7, 11) is 0. The lowest BCUT2D eigenvalue weighted by Gasteiger charge is -2.14. The van der Waals surface area contributed by atoms with E-state index in [1.807, 2.05) is 0 Å². The van der Waals surface area contributed by atoms with Crippen LogP contribution in [0.3, 0.4) is 0 Å². The van der Waals surface area contributed by atoms with Gasteiger partial charge in [0.1, 0.15) is 5.69 Å². The third-order valence-corrected chi connectivity index (χ3v) is 4.75. The molecular formula is C21H27ClN2O5. The Morgan fingerprint density at radius 1 is 1.17 bits per heavy atom. The van der Waals surface area contributed by atoms with Gasteiger partial charge in [-0.3, -0.25) is 5.32 Å². The maximum Gasteiger partial charge on any atom is 0.414 e. The van der Waals surface area contributed by atoms with Crippen molar-refractivity contribution in [2.45, 2.75) is 46.5 Å². The number of rotatable bonds is 10. The van der Waals surface area contributed by atoms with Crippen molar-refractivity contribution in [1.29, 1.82) is 0 Å². The molecule has 2 rings (SSSR count). The van der Waals surface area contributed by atoms with Gasteiger partial charge in [-0.1, -0.05) is 62.0 Å². The van der Waals surface area contributed by atoms with Crippen LogP contribution in [0, 0.1) is 5.92 Å². The SMILES string of the molecule is CCCCC(CC)COC(=O)Nc1onc(-c2ccc(Cl)cc2)c1C(=O)OCC. The molecular weight excluding hydrogens is 396 g/mol. The molecule has 1 N–H and O–H groups in total. The number of esters is 1. The highest BCUT2D eigenvalue weighted by Gasteiger charge is 2.27. The van der Waals surface area contributed by atoms with E-state index in [1.54, 1.807) is 31.2 Å². The number of aromatic nitrogens is 1. The summed E-state index contributed by atoms with van der Waals surface area (Å²) in [6.45, 7) is 6.35. The number of nitrogens with one attached hydrogen (secondary N) is 1. The van der Waals surface area contributed by atoms with Crippen molar-refractivity contribution >= 4 is 29.5 Å². The van der Waals surface area contributed by atoms with E-state index in [0.717, 1.165) is 25.7 Å². The van der Waals surface area contributed by atoms with Crippen LogP contribution in [0.2, 0.25) is 5.02 Å². The number of halogens is 1. The van der Waals surface area contributed by atoms with Gasteiger partial charge in [-0.05, 0) is 31.4 Å². The van der Waals surface area contributed by atoms with Crippen molar-refractivity contribution < 1.29 is 23.6 Å². The molecule has 0 aliphatic rings. The summed E-state index contributed by atoms with van der Waals surface area (Å²) >= 11 is 5.92. The Morgan fingerprint density at radius 2 is 1.90 bits per heavy atom. The average molecular weight is 423 g/mol. The Kier molecular flexibility index (Phi) is 8.99. The van der Waals surface area contributed by atoms with Crippen molar-refractivity contribution in [2.24, 2.45) is 5.92 Å². The summed E-state index contributed by atoms with van der Waals surface area (Å²) in [6.07, 6.45) is 3.39. The Hall–Kier alpha value is -2.54. The second-order valence-corrected chi connectivity index (χ2v) is 7.04. The fraction of sp³-hybridized carbons (Fsp3) is 0.476. The standard InChI is InChI=1S/C21H27ClN2O5/c1-4-7-8-14(5-2)13-28-21(26)23-19-17(20(25)27-6-3)18(24-29-19)15-9-11-16(22)12-10-15/h9-12,14H,4-8,13H2,1-3H3,(H,23,26). The minimum absolute atomic E-state index is 0.0316. The van der Waals surface area contributed by atoms with E-state index in [4.69, 9.17) is 25.6 Å². The molecule has 0 bridgehead atoms. The van der Waals surface area contributed by atoms with E-state index in [2.05, 4.69) is 24.3 Å². The summed E-state index contributed by atoms with van der Waals surface area (Å²) in [5, 5.41) is 6.95. The molecule has 1 unspecified atom stereocenters. The molecule has 0 fully saturated rings. The van der Waals surface area contributed by atoms with Crippen molar-refractivity contribution in [3.05, 3.63) is 34.9 Å². The van der Waals surface area contributed by atoms with Crippen molar-refractivity contribution in [3.63, 3.8) is 0 Å². The Labute approximate surface area is 175 Å². The van der Waals surface area contributed by atoms with E-state index in [1.165, 1.54) is 0 Å². The van der Waals surface area contributed by atoms with E-state index in [9.17, 15) is 9.59 Å². The molecule has 2 aromatic rings. The maximum absolute atomic E-state index is 12.5. The van der Waals surface area contributed by atoms with Crippen LogP contribution in [-0.4, -0.2) is 30.4 Å². The topological polar surface area (TPSA) is 90.7 Å². The van der Waals surface area contributed by atoms with Crippen LogP contribution in [0.15, 0.2) is 28.8 Å². The number of nitrogens with zero attached hydrogens (tertiary/aromatic N) is 1. The van der Waals surface area contributed by atoms with Crippen LogP contribution in [0.25, 0.3) is 11.3 Å². The van der Waals surface area contributed by atoms with Crippen LogP contribution in [-0.2, 0) is 9.47 Å². The fourth-order valence-electron chi connectivity index (χ4n) is 2.79. The predicted molar refractivity (Wildman–Crippen MR) is 111 cm³/mol. The molecule has 0 aliphatic carbocycles. The first kappa shape index (κ1) is 22.7. The van der Waals surface area contributed by atoms with Gasteiger partial charge in [-0.25, -0.2) is 9.59 Å². The van der Waals surface area contributed by atoms with Crippen LogP contribution in [0.1, 0.15) is 56.8 Å². The lowest BCUT2D eigenvalue weighted by molar-refractivity contribution is 0.0528. The number of carbonyl (C=O) groups excluding carboxylic acids is 2. The van der Waals surface area contributed by atoms with Gasteiger partial charge in [0.25, 0.3) is 0 Å². The van der Waals surface area contributed by atoms with E-state index >= 15 is 0 Å². The first-order valence-corrected chi connectivity index (χ1v) is 10.2. The van der Waals surface area contributed by atoms with Crippen molar-refractivity contribution in [2.75, 3.05) is 18.5 Å². The highest BCUT2D eigenvalue weighted by molar-refractivity contribution is 6.30. The highest BCUT2D eigenvalue weighted by Crippen LogP contribution is 2.30. The maximum atomic E-state index is 12.5. The van der Waals surface area contributed by atoms with E-state index in [0.29, 0.717) is 23.1 Å². The predicted octanol–water partition coefficient (Wildman–Crippen LogP) is 5.94. The molecule has 7 nitrogen and oxygen atoms in total. The molecule has 8 heteroatoms. The third kappa shape index (κ3) is 6.49. The van der Waals surface area contributed by atoms with Gasteiger partial charge in [0.05, 0.1) is 13.2 Å². The summed E-state index contributed by atoms with van der Waals surface area (Å²) in [5.74, 6) is -0.465. The smallest absolute Gasteiger partial charge is 0.414 e. The lowest BCUT2D eigenvalue weighted by Crippen LogP contribution is -2.20. The van der Waals surface area contributed by atoms with Crippen molar-refractivity contribution in [3.8, 4) is 11.3 Å². The van der Waals surface area contributed by atoms with Gasteiger partial charge in [-0.2, -0.15) is 0 Å². The molecule has 0 radical (unpaired) electrons. The molecule has 29 heavy (non-hydrogen) atoms. The first-order valence-electron chi connectivity index (χ1n) is 9.86. The van der Waals surface area contributed by atoms with Gasteiger partial charge >= 0.3 is 12.1 Å². The van der Waals surface area contributed by atoms with Gasteiger partial charge in [0.15, 0.2) is 5.56 Å². The minimum Gasteiger partial charge on any atom is -0.462 e. The Morgan fingerprint density at radius 3 is 2.52 bits per heavy atom. The lowest BCUT2D eigenvalue weighted by atomic mass is 10.0. The van der Waals surface area contributed by atoms with E-state index in [-0.39, 0.29) is 23.7 Å². The van der Waals surface area contributed by atoms with Crippen LogP contribution >= 0.6 is 11.6 Å². The molecule has 0 aliphatic heterocycles. The normalized spacial score (nSPS) is 11.7. The molecule has 0 saturated heterocycles. The number of anilines is 1. The average Bonchev–Trinajstić information content (AvgIpc) is 3.12. The van der Waals surface area contributed by atoms with Crippen LogP contribution in [0.4, 0.5) is 10.7 Å². The number of carbonyl (C=O) groups is 2. The highest BCUT2D eigenvalue weighted by atomic mass is 35.5. The first-order chi connectivity index (χ1) is 14.0. The zero-order chi connectivity index (χ0) is 21.2. The second-order valence-electron chi connectivity index (χ2n) is 6.60. The molecule has 0 spiro atoms. The van der Waals surface area contributed by atoms with E-state index < -0.39 is 12.1 Å². The molecule has 0 saturated carbocycles. The van der Waals surface area contributed by atoms with Gasteiger partial charge < -0.3 is 14.0 Å². The summed E-state index contributed by atoms with van der Waals surface area (Å²) < 4.78 is 15.6. The number of hydrogen-bond acceptors (Lipinski definition) is 6. The van der Waals surface area contributed by atoms with Crippen LogP contribution in [0.5, 0.6) is 0 Å². The number of amides is 1. The van der Waals surface area contributed by atoms with Crippen LogP contribution < -0.4 is 5.32 Å². The summed E-state index contributed by atoms with van der Waals surface area (Å²) in [5.41, 5.74) is 0.891. The number of ether oxygens (including phenoxy) is 2. The number of benzene rings is 1. The second kappa shape index (κ2) is 11.5. The van der Waals surface area contributed by atoms with Gasteiger partial charge in [0, 0.05) is 10.6 Å². The molecule has 1 aromatic carbocycles. The zero-order valence-corrected chi connectivity index (χ0v) is 17.8. The van der Waals surface area contributed by atoms with Gasteiger partial charge in [0.2, 0.25) is 5.88 Å². The van der Waals surface area contributed by atoms with Gasteiger partial charge in [-0.15, -0.1) is 0 Å². The number of unbranched alkanes of at least 4 members (excludes halogenated alkanes) is 1. The third-order valence-electron chi connectivity index (χ3n) is 4.50. The largest absolute Gasteiger partial charge is 0.462 e. The Balaban J connectivity index is 2.16. The number of hydrogen-bond donors (Lipinski definition) is 1. The quantitative estimate of drug-likeness (QED) is 0.476.